The maximum Gasteiger partial charge on any atom is 0.255 e. The zero-order valence-electron chi connectivity index (χ0n) is 46.8. The van der Waals surface area contributed by atoms with Gasteiger partial charge in [0.15, 0.2) is 34.7 Å². The first-order chi connectivity index (χ1) is 40.2. The Kier molecular flexibility index (Phi) is 20.5. The number of benzene rings is 9. The lowest BCUT2D eigenvalue weighted by atomic mass is 10.0. The van der Waals surface area contributed by atoms with E-state index in [0.29, 0.717) is 78.8 Å². The number of rotatable bonds is 18. The van der Waals surface area contributed by atoms with Crippen molar-refractivity contribution in [1.82, 2.24) is 0 Å². The minimum Gasteiger partial charge on any atom is -0.457 e. The largest absolute Gasteiger partial charge is 0.457 e. The molecule has 9 aromatic carbocycles. The second kappa shape index (κ2) is 28.4. The highest BCUT2D eigenvalue weighted by Gasteiger charge is 2.14. The van der Waals surface area contributed by atoms with E-state index in [-0.39, 0.29) is 59.7 Å². The first-order valence-electron chi connectivity index (χ1n) is 26.3. The summed E-state index contributed by atoms with van der Waals surface area (Å²) in [5, 5.41) is 14.7. The maximum absolute atomic E-state index is 12.4. The van der Waals surface area contributed by atoms with Crippen LogP contribution in [-0.2, 0) is 9.59 Å². The molecule has 4 N–H and O–H groups in total. The van der Waals surface area contributed by atoms with Crippen molar-refractivity contribution >= 4 is 103 Å². The van der Waals surface area contributed by atoms with Gasteiger partial charge in [0.25, 0.3) is 11.8 Å². The molecule has 422 valence electrons. The summed E-state index contributed by atoms with van der Waals surface area (Å²) < 4.78 is 11.4. The van der Waals surface area contributed by atoms with Crippen molar-refractivity contribution in [1.29, 1.82) is 0 Å². The summed E-state index contributed by atoms with van der Waals surface area (Å²) in [7, 11) is 0. The van der Waals surface area contributed by atoms with Gasteiger partial charge in [-0.1, -0.05) is 36.4 Å². The molecule has 0 bridgehead atoms. The molecular weight excluding hydrogens is 1060 g/mol. The fourth-order valence-corrected chi connectivity index (χ4v) is 8.12. The van der Waals surface area contributed by atoms with E-state index in [4.69, 9.17) is 9.47 Å². The average molecular weight is 1120 g/mol. The summed E-state index contributed by atoms with van der Waals surface area (Å²) in [5.41, 5.74) is 6.57. The predicted octanol–water partition coefficient (Wildman–Crippen LogP) is 13.5. The summed E-state index contributed by atoms with van der Waals surface area (Å²) in [5.74, 6) is -0.298. The van der Waals surface area contributed by atoms with Gasteiger partial charge in [0, 0.05) is 67.3 Å². The first-order valence-corrected chi connectivity index (χ1v) is 26.3. The molecule has 0 atom stereocenters. The van der Waals surface area contributed by atoms with Crippen molar-refractivity contribution in [2.75, 3.05) is 28.1 Å². The van der Waals surface area contributed by atoms with Crippen molar-refractivity contribution < 1.29 is 57.4 Å². The number of amides is 4. The second-order valence-electron chi connectivity index (χ2n) is 19.3. The molecule has 16 heteroatoms. The number of ketones is 6. The number of anilines is 4. The van der Waals surface area contributed by atoms with Gasteiger partial charge in [-0.25, -0.2) is 0 Å². The van der Waals surface area contributed by atoms with Gasteiger partial charge in [0.05, 0.1) is 0 Å². The Balaban J connectivity index is 0.000000182. The normalized spacial score (nSPS) is 10.4. The van der Waals surface area contributed by atoms with E-state index in [1.807, 2.05) is 72.8 Å². The minimum atomic E-state index is -0.464. The van der Waals surface area contributed by atoms with Crippen LogP contribution in [0.25, 0.3) is 21.5 Å². The van der Waals surface area contributed by atoms with Gasteiger partial charge < -0.3 is 30.7 Å². The van der Waals surface area contributed by atoms with Gasteiger partial charge in [-0.2, -0.15) is 0 Å². The average Bonchev–Trinajstić information content (AvgIpc) is 3.08. The molecule has 0 fully saturated rings. The SMILES string of the molecule is CC(=O)c1ccc(NC(=O)CC(=O)Nc2ccc(C(C)=O)cc2)cc1.CC(=O)c1ccc(NC(=O)c2ccc(C(=O)Nc3ccc(C(C)=O)cc3)cc2)cc1.CC(=O)c1ccc2cc(OCOc3ccc4cc(C(C)=O)ccc4c3)ccc2c1. The molecule has 0 heterocycles. The fraction of sp³-hybridized carbons (Fsp3) is 0.118. The number of ether oxygens (including phenoxy) is 2. The van der Waals surface area contributed by atoms with Gasteiger partial charge in [0.2, 0.25) is 18.6 Å². The van der Waals surface area contributed by atoms with Crippen molar-refractivity contribution in [3.05, 3.63) is 239 Å². The second-order valence-corrected chi connectivity index (χ2v) is 19.3. The van der Waals surface area contributed by atoms with Crippen LogP contribution in [0.15, 0.2) is 194 Å². The Bertz CT molecular complexity index is 3710. The summed E-state index contributed by atoms with van der Waals surface area (Å²) in [6.45, 7) is 9.07. The van der Waals surface area contributed by atoms with Crippen molar-refractivity contribution in [3.8, 4) is 11.5 Å². The molecule has 0 saturated carbocycles. The molecule has 0 spiro atoms. The van der Waals surface area contributed by atoms with Gasteiger partial charge >= 0.3 is 0 Å². The lowest BCUT2D eigenvalue weighted by molar-refractivity contribution is -0.123. The molecule has 84 heavy (non-hydrogen) atoms. The molecule has 0 aliphatic rings. The topological polar surface area (TPSA) is 237 Å². The number of Topliss-reactive ketones (excluding diaryl/α,β-unsaturated/α-hetero) is 6. The molecule has 16 nitrogen and oxygen atoms in total. The van der Waals surface area contributed by atoms with E-state index in [1.54, 1.807) is 135 Å². The van der Waals surface area contributed by atoms with Crippen LogP contribution in [0.3, 0.4) is 0 Å². The molecule has 4 amide bonds. The van der Waals surface area contributed by atoms with Crippen LogP contribution in [0.2, 0.25) is 0 Å². The van der Waals surface area contributed by atoms with Crippen LogP contribution >= 0.6 is 0 Å². The Morgan fingerprint density at radius 1 is 0.274 bits per heavy atom. The standard InChI is InChI=1S/C25H20O4.C24H20N2O4.C19H18N2O4/c1-16(26)18-3-5-22-13-24(9-7-20(22)11-18)28-15-29-25-10-8-21-12-19(17(2)27)4-6-23(21)14-25;1-15(27)17-7-11-21(12-8-17)25-23(29)19-3-5-20(6-4-19)24(30)26-22-13-9-18(10-14-22)16(2)28;1-12(22)14-3-7-16(8-4-14)20-18(24)11-19(25)21-17-9-5-15(6-10-17)13(2)23/h3-14H,15H2,1-2H3;3-14H,1-2H3,(H,25,29)(H,26,30);3-10H,11H2,1-2H3,(H,20,24)(H,21,25). The molecule has 0 aromatic heterocycles. The third kappa shape index (κ3) is 17.5. The first kappa shape index (κ1) is 60.6. The Hall–Kier alpha value is -11.0. The van der Waals surface area contributed by atoms with E-state index in [2.05, 4.69) is 21.3 Å². The van der Waals surface area contributed by atoms with Crippen LogP contribution in [0, 0.1) is 0 Å². The highest BCUT2D eigenvalue weighted by Crippen LogP contribution is 2.26. The number of hydrogen-bond donors (Lipinski definition) is 4. The van der Waals surface area contributed by atoms with Gasteiger partial charge in [-0.05, 0) is 221 Å². The van der Waals surface area contributed by atoms with E-state index in [9.17, 15) is 47.9 Å². The van der Waals surface area contributed by atoms with Crippen LogP contribution < -0.4 is 30.7 Å². The Morgan fingerprint density at radius 2 is 0.512 bits per heavy atom. The number of carbonyl (C=O) groups excluding carboxylic acids is 10. The lowest BCUT2D eigenvalue weighted by Crippen LogP contribution is -2.21. The van der Waals surface area contributed by atoms with Crippen LogP contribution in [0.1, 0.15) is 131 Å². The molecule has 0 aliphatic carbocycles. The van der Waals surface area contributed by atoms with Crippen LogP contribution in [0.5, 0.6) is 11.5 Å². The van der Waals surface area contributed by atoms with Gasteiger partial charge in [0.1, 0.15) is 17.9 Å². The maximum atomic E-state index is 12.4. The summed E-state index contributed by atoms with van der Waals surface area (Å²) >= 11 is 0. The number of fused-ring (bicyclic) bond motifs is 2. The smallest absolute Gasteiger partial charge is 0.255 e. The lowest BCUT2D eigenvalue weighted by Gasteiger charge is -2.10. The van der Waals surface area contributed by atoms with Gasteiger partial charge in [-0.3, -0.25) is 47.9 Å². The third-order valence-electron chi connectivity index (χ3n) is 12.9. The number of hydrogen-bond acceptors (Lipinski definition) is 12. The molecule has 9 rings (SSSR count). The summed E-state index contributed by atoms with van der Waals surface area (Å²) in [6.07, 6.45) is -0.344. The third-order valence-corrected chi connectivity index (χ3v) is 12.9. The summed E-state index contributed by atoms with van der Waals surface area (Å²) in [4.78, 5) is 117. The predicted molar refractivity (Wildman–Crippen MR) is 324 cm³/mol. The van der Waals surface area contributed by atoms with E-state index >= 15 is 0 Å². The highest BCUT2D eigenvalue weighted by molar-refractivity contribution is 6.09. The molecule has 0 aliphatic heterocycles. The molecule has 9 aromatic rings. The molecule has 0 saturated heterocycles. The molecular formula is C68H58N4O12. The zero-order chi connectivity index (χ0) is 60.5. The van der Waals surface area contributed by atoms with Crippen LogP contribution in [0.4, 0.5) is 22.7 Å². The molecule has 0 unspecified atom stereocenters. The Labute approximate surface area is 484 Å². The number of nitrogens with one attached hydrogen (secondary N) is 4. The highest BCUT2D eigenvalue weighted by atomic mass is 16.7. The van der Waals surface area contributed by atoms with E-state index in [1.165, 1.54) is 27.7 Å². The zero-order valence-corrected chi connectivity index (χ0v) is 46.8. The fourth-order valence-electron chi connectivity index (χ4n) is 8.12. The van der Waals surface area contributed by atoms with Crippen LogP contribution in [-0.4, -0.2) is 65.1 Å². The molecule has 0 radical (unpaired) electrons. The summed E-state index contributed by atoms with van der Waals surface area (Å²) in [6, 6.07) is 55.0. The van der Waals surface area contributed by atoms with E-state index in [0.717, 1.165) is 21.5 Å². The van der Waals surface area contributed by atoms with Crippen molar-refractivity contribution in [2.24, 2.45) is 0 Å². The number of carbonyl (C=O) groups is 10. The van der Waals surface area contributed by atoms with Crippen molar-refractivity contribution in [2.45, 2.75) is 48.0 Å². The van der Waals surface area contributed by atoms with Gasteiger partial charge in [-0.15, -0.1) is 0 Å². The monoisotopic (exact) mass is 1120 g/mol. The Morgan fingerprint density at radius 3 is 0.798 bits per heavy atom. The minimum absolute atomic E-state index is 0.0449. The van der Waals surface area contributed by atoms with E-state index < -0.39 is 11.8 Å². The van der Waals surface area contributed by atoms with Crippen molar-refractivity contribution in [3.63, 3.8) is 0 Å². The quantitative estimate of drug-likeness (QED) is 0.0357.